The zero-order valence-electron chi connectivity index (χ0n) is 9.43. The van der Waals surface area contributed by atoms with Crippen LogP contribution in [-0.2, 0) is 13.0 Å². The van der Waals surface area contributed by atoms with Crippen molar-refractivity contribution in [3.05, 3.63) is 17.0 Å². The molecule has 2 heterocycles. The van der Waals surface area contributed by atoms with Gasteiger partial charge < -0.3 is 15.2 Å². The van der Waals surface area contributed by atoms with Crippen LogP contribution in [0.1, 0.15) is 28.2 Å². The Bertz CT molecular complexity index is 442. The second-order valence-corrected chi connectivity index (χ2v) is 3.98. The summed E-state index contributed by atoms with van der Waals surface area (Å²) in [6.07, 6.45) is -4.71. The van der Waals surface area contributed by atoms with Gasteiger partial charge in [-0.15, -0.1) is 0 Å². The van der Waals surface area contributed by atoms with Crippen molar-refractivity contribution in [3.8, 4) is 0 Å². The second-order valence-electron chi connectivity index (χ2n) is 3.98. The Hall–Kier alpha value is -1.57. The molecule has 2 N–H and O–H groups in total. The quantitative estimate of drug-likeness (QED) is 0.853. The Balaban J connectivity index is 1.95. The van der Waals surface area contributed by atoms with Crippen LogP contribution in [0.4, 0.5) is 13.2 Å². The summed E-state index contributed by atoms with van der Waals surface area (Å²) >= 11 is 0. The van der Waals surface area contributed by atoms with Crippen molar-refractivity contribution in [2.24, 2.45) is 0 Å². The van der Waals surface area contributed by atoms with E-state index >= 15 is 0 Å². The number of amides is 1. The van der Waals surface area contributed by atoms with E-state index in [1.807, 2.05) is 0 Å². The molecule has 2 rings (SSSR count). The zero-order chi connectivity index (χ0) is 13.2. The van der Waals surface area contributed by atoms with E-state index in [4.69, 9.17) is 4.52 Å². The summed E-state index contributed by atoms with van der Waals surface area (Å²) in [4.78, 5) is 11.6. The number of aromatic nitrogens is 1. The molecule has 0 spiro atoms. The van der Waals surface area contributed by atoms with Crippen LogP contribution < -0.4 is 10.6 Å². The fourth-order valence-electron chi connectivity index (χ4n) is 1.72. The van der Waals surface area contributed by atoms with E-state index in [9.17, 15) is 18.0 Å². The molecular formula is C10H12F3N3O2. The fraction of sp³-hybridized carbons (Fsp3) is 0.600. The third-order valence-electron chi connectivity index (χ3n) is 2.61. The number of rotatable bonds is 3. The zero-order valence-corrected chi connectivity index (χ0v) is 9.43. The smallest absolute Gasteiger partial charge is 0.360 e. The molecule has 0 aliphatic carbocycles. The second kappa shape index (κ2) is 4.97. The number of hydrogen-bond donors (Lipinski definition) is 2. The van der Waals surface area contributed by atoms with Gasteiger partial charge in [-0.05, 0) is 0 Å². The molecule has 5 nitrogen and oxygen atoms in total. The fourth-order valence-corrected chi connectivity index (χ4v) is 1.72. The number of alkyl halides is 3. The van der Waals surface area contributed by atoms with E-state index in [1.165, 1.54) is 0 Å². The summed E-state index contributed by atoms with van der Waals surface area (Å²) in [5, 5.41) is 8.83. The van der Waals surface area contributed by atoms with Gasteiger partial charge in [-0.3, -0.25) is 4.79 Å². The molecule has 0 saturated carbocycles. The molecule has 100 valence electrons. The van der Waals surface area contributed by atoms with E-state index in [1.54, 1.807) is 0 Å². The van der Waals surface area contributed by atoms with Crippen LogP contribution in [0, 0.1) is 0 Å². The lowest BCUT2D eigenvalue weighted by atomic mass is 10.1. The van der Waals surface area contributed by atoms with Crippen LogP contribution in [0.15, 0.2) is 4.52 Å². The lowest BCUT2D eigenvalue weighted by molar-refractivity contribution is -0.132. The molecule has 0 aromatic carbocycles. The molecule has 0 unspecified atom stereocenters. The predicted molar refractivity (Wildman–Crippen MR) is 54.9 cm³/mol. The van der Waals surface area contributed by atoms with Gasteiger partial charge in [0.05, 0.1) is 6.42 Å². The summed E-state index contributed by atoms with van der Waals surface area (Å²) in [5.41, 5.74) is 0.699. The molecule has 1 aliphatic heterocycles. The number of hydrogen-bond acceptors (Lipinski definition) is 4. The summed E-state index contributed by atoms with van der Waals surface area (Å²) < 4.78 is 40.8. The first-order chi connectivity index (χ1) is 8.47. The van der Waals surface area contributed by atoms with Gasteiger partial charge in [0, 0.05) is 31.6 Å². The first kappa shape index (κ1) is 12.9. The lowest BCUT2D eigenvalue weighted by Crippen LogP contribution is -2.30. The summed E-state index contributed by atoms with van der Waals surface area (Å²) in [6, 6.07) is 0. The molecule has 1 aromatic rings. The molecule has 0 radical (unpaired) electrons. The van der Waals surface area contributed by atoms with E-state index < -0.39 is 25.0 Å². The molecule has 0 atom stereocenters. The Morgan fingerprint density at radius 3 is 3.00 bits per heavy atom. The largest absolute Gasteiger partial charge is 0.390 e. The molecular weight excluding hydrogens is 251 g/mol. The van der Waals surface area contributed by atoms with Crippen LogP contribution in [0.25, 0.3) is 0 Å². The van der Waals surface area contributed by atoms with Crippen LogP contribution in [0.2, 0.25) is 0 Å². The molecule has 0 saturated heterocycles. The highest BCUT2D eigenvalue weighted by Gasteiger charge is 2.28. The van der Waals surface area contributed by atoms with Crippen molar-refractivity contribution in [1.29, 1.82) is 0 Å². The van der Waals surface area contributed by atoms with E-state index in [-0.39, 0.29) is 5.69 Å². The van der Waals surface area contributed by atoms with Crippen LogP contribution >= 0.6 is 0 Å². The van der Waals surface area contributed by atoms with Crippen molar-refractivity contribution in [2.45, 2.75) is 25.6 Å². The van der Waals surface area contributed by atoms with Crippen LogP contribution in [-0.4, -0.2) is 30.3 Å². The highest BCUT2D eigenvalue weighted by molar-refractivity contribution is 5.93. The minimum Gasteiger partial charge on any atom is -0.360 e. The normalized spacial score (nSPS) is 15.3. The number of carbonyl (C=O) groups excluding carboxylic acids is 1. The van der Waals surface area contributed by atoms with Gasteiger partial charge in [-0.25, -0.2) is 0 Å². The number of nitrogens with zero attached hydrogens (tertiary/aromatic N) is 1. The highest BCUT2D eigenvalue weighted by atomic mass is 19.4. The molecule has 18 heavy (non-hydrogen) atoms. The van der Waals surface area contributed by atoms with Gasteiger partial charge in [-0.1, -0.05) is 5.16 Å². The average molecular weight is 263 g/mol. The van der Waals surface area contributed by atoms with Crippen molar-refractivity contribution in [1.82, 2.24) is 15.8 Å². The van der Waals surface area contributed by atoms with Gasteiger partial charge >= 0.3 is 6.18 Å². The SMILES string of the molecule is O=C(NCCC(F)(F)F)c1noc2c1CNCC2. The highest BCUT2D eigenvalue weighted by Crippen LogP contribution is 2.19. The molecule has 0 bridgehead atoms. The topological polar surface area (TPSA) is 67.2 Å². The average Bonchev–Trinajstić information content (AvgIpc) is 2.70. The number of fused-ring (bicyclic) bond motifs is 1. The van der Waals surface area contributed by atoms with Gasteiger partial charge in [-0.2, -0.15) is 13.2 Å². The molecule has 0 fully saturated rings. The maximum absolute atomic E-state index is 11.9. The van der Waals surface area contributed by atoms with Crippen molar-refractivity contribution in [2.75, 3.05) is 13.1 Å². The maximum Gasteiger partial charge on any atom is 0.390 e. The van der Waals surface area contributed by atoms with Crippen molar-refractivity contribution < 1.29 is 22.5 Å². The molecule has 8 heteroatoms. The number of nitrogens with one attached hydrogen (secondary N) is 2. The van der Waals surface area contributed by atoms with Gasteiger partial charge in [0.2, 0.25) is 0 Å². The number of carbonyl (C=O) groups is 1. The van der Waals surface area contributed by atoms with Gasteiger partial charge in [0.15, 0.2) is 5.69 Å². The van der Waals surface area contributed by atoms with Crippen molar-refractivity contribution in [3.63, 3.8) is 0 Å². The third-order valence-corrected chi connectivity index (χ3v) is 2.61. The van der Waals surface area contributed by atoms with Gasteiger partial charge in [0.1, 0.15) is 5.76 Å². The standard InChI is InChI=1S/C10H12F3N3O2/c11-10(12,13)2-4-15-9(17)8-6-5-14-3-1-7(6)18-16-8/h14H,1-5H2,(H,15,17). The Kier molecular flexibility index (Phi) is 3.55. The third kappa shape index (κ3) is 3.00. The van der Waals surface area contributed by atoms with Crippen molar-refractivity contribution >= 4 is 5.91 Å². The van der Waals surface area contributed by atoms with Crippen LogP contribution in [0.5, 0.6) is 0 Å². The first-order valence-electron chi connectivity index (χ1n) is 5.50. The minimum absolute atomic E-state index is 0.0689. The Morgan fingerprint density at radius 2 is 2.28 bits per heavy atom. The first-order valence-corrected chi connectivity index (χ1v) is 5.50. The molecule has 1 aromatic heterocycles. The molecule has 1 amide bonds. The summed E-state index contributed by atoms with van der Waals surface area (Å²) in [6.45, 7) is 0.718. The Morgan fingerprint density at radius 1 is 1.50 bits per heavy atom. The van der Waals surface area contributed by atoms with Gasteiger partial charge in [0.25, 0.3) is 5.91 Å². The minimum atomic E-state index is -4.28. The molecule has 1 aliphatic rings. The Labute approximate surface area is 101 Å². The lowest BCUT2D eigenvalue weighted by Gasteiger charge is -2.11. The van der Waals surface area contributed by atoms with E-state index in [0.717, 1.165) is 6.54 Å². The predicted octanol–water partition coefficient (Wildman–Crippen LogP) is 1.00. The van der Waals surface area contributed by atoms with E-state index in [0.29, 0.717) is 24.3 Å². The number of halogens is 3. The summed E-state index contributed by atoms with van der Waals surface area (Å²) in [7, 11) is 0. The summed E-state index contributed by atoms with van der Waals surface area (Å²) in [5.74, 6) is -0.0114. The van der Waals surface area contributed by atoms with Crippen LogP contribution in [0.3, 0.4) is 0 Å². The maximum atomic E-state index is 11.9. The van der Waals surface area contributed by atoms with E-state index in [2.05, 4.69) is 15.8 Å². The monoisotopic (exact) mass is 263 g/mol.